The van der Waals surface area contributed by atoms with Gasteiger partial charge in [-0.1, -0.05) is 18.2 Å². The second-order valence-electron chi connectivity index (χ2n) is 6.53. The summed E-state index contributed by atoms with van der Waals surface area (Å²) in [5, 5.41) is 3.08. The van der Waals surface area contributed by atoms with Crippen LogP contribution in [0.15, 0.2) is 35.2 Å². The number of benzene rings is 1. The topological polar surface area (TPSA) is 41.6 Å². The molecule has 2 aliphatic heterocycles. The van der Waals surface area contributed by atoms with Gasteiger partial charge in [-0.05, 0) is 43.2 Å². The van der Waals surface area contributed by atoms with E-state index in [1.807, 2.05) is 23.1 Å². The molecule has 2 fully saturated rings. The lowest BCUT2D eigenvalue weighted by Crippen LogP contribution is -2.51. The lowest BCUT2D eigenvalue weighted by molar-refractivity contribution is -0.0185. The third-order valence-electron chi connectivity index (χ3n) is 4.89. The molecule has 2 aliphatic rings. The van der Waals surface area contributed by atoms with Crippen LogP contribution in [-0.4, -0.2) is 49.5 Å². The van der Waals surface area contributed by atoms with E-state index in [2.05, 4.69) is 17.4 Å². The number of thioether (sulfide) groups is 1. The molecule has 126 valence electrons. The second kappa shape index (κ2) is 8.06. The van der Waals surface area contributed by atoms with Gasteiger partial charge in [-0.2, -0.15) is 0 Å². The standard InChI is InChI=1S/C18H26N2O2S/c21-17(19-10-14-23-16-5-2-1-3-6-16)20-11-4-7-18(15-20)8-12-22-13-9-18/h1-3,5-6H,4,7-15H2,(H,19,21). The lowest BCUT2D eigenvalue weighted by atomic mass is 9.74. The van der Waals surface area contributed by atoms with Crippen LogP contribution in [0.25, 0.3) is 0 Å². The number of carbonyl (C=O) groups excluding carboxylic acids is 1. The molecule has 1 aromatic carbocycles. The number of rotatable bonds is 4. The lowest BCUT2D eigenvalue weighted by Gasteiger charge is -2.45. The Labute approximate surface area is 143 Å². The molecule has 0 unspecified atom stereocenters. The number of amides is 2. The zero-order valence-electron chi connectivity index (χ0n) is 13.6. The number of nitrogens with one attached hydrogen (secondary N) is 1. The largest absolute Gasteiger partial charge is 0.381 e. The molecule has 0 bridgehead atoms. The van der Waals surface area contributed by atoms with Crippen molar-refractivity contribution in [1.82, 2.24) is 10.2 Å². The van der Waals surface area contributed by atoms with E-state index in [4.69, 9.17) is 4.74 Å². The highest BCUT2D eigenvalue weighted by Crippen LogP contribution is 2.39. The summed E-state index contributed by atoms with van der Waals surface area (Å²) in [5.74, 6) is 0.905. The molecule has 5 heteroatoms. The van der Waals surface area contributed by atoms with Gasteiger partial charge in [0.1, 0.15) is 0 Å². The van der Waals surface area contributed by atoms with Crippen molar-refractivity contribution in [3.8, 4) is 0 Å². The summed E-state index contributed by atoms with van der Waals surface area (Å²) >= 11 is 1.78. The predicted molar refractivity (Wildman–Crippen MR) is 93.9 cm³/mol. The zero-order chi connectivity index (χ0) is 16.0. The van der Waals surface area contributed by atoms with Gasteiger partial charge in [0.15, 0.2) is 0 Å². The van der Waals surface area contributed by atoms with Gasteiger partial charge >= 0.3 is 6.03 Å². The first-order valence-electron chi connectivity index (χ1n) is 8.56. The maximum atomic E-state index is 12.4. The summed E-state index contributed by atoms with van der Waals surface area (Å²) in [6, 6.07) is 10.4. The first-order valence-corrected chi connectivity index (χ1v) is 9.54. The van der Waals surface area contributed by atoms with Crippen molar-refractivity contribution in [3.05, 3.63) is 30.3 Å². The van der Waals surface area contributed by atoms with Crippen LogP contribution in [0.1, 0.15) is 25.7 Å². The first kappa shape index (κ1) is 16.7. The van der Waals surface area contributed by atoms with Crippen LogP contribution in [0.3, 0.4) is 0 Å². The molecule has 0 atom stereocenters. The van der Waals surface area contributed by atoms with E-state index in [-0.39, 0.29) is 6.03 Å². The Morgan fingerprint density at radius 3 is 2.78 bits per heavy atom. The van der Waals surface area contributed by atoms with Crippen molar-refractivity contribution in [3.63, 3.8) is 0 Å². The van der Waals surface area contributed by atoms with Crippen molar-refractivity contribution < 1.29 is 9.53 Å². The summed E-state index contributed by atoms with van der Waals surface area (Å²) in [6.07, 6.45) is 4.55. The number of likely N-dealkylation sites (tertiary alicyclic amines) is 1. The number of carbonyl (C=O) groups is 1. The summed E-state index contributed by atoms with van der Waals surface area (Å²) in [7, 11) is 0. The first-order chi connectivity index (χ1) is 11.3. The fraction of sp³-hybridized carbons (Fsp3) is 0.611. The van der Waals surface area contributed by atoms with E-state index >= 15 is 0 Å². The highest BCUT2D eigenvalue weighted by Gasteiger charge is 2.38. The smallest absolute Gasteiger partial charge is 0.317 e. The number of nitrogens with zero attached hydrogens (tertiary/aromatic N) is 1. The molecular formula is C18H26N2O2S. The van der Waals surface area contributed by atoms with Crippen LogP contribution >= 0.6 is 11.8 Å². The Bertz CT molecular complexity index is 497. The molecule has 0 radical (unpaired) electrons. The van der Waals surface area contributed by atoms with Gasteiger partial charge in [0.2, 0.25) is 0 Å². The van der Waals surface area contributed by atoms with Crippen molar-refractivity contribution in [2.45, 2.75) is 30.6 Å². The fourth-order valence-electron chi connectivity index (χ4n) is 3.55. The van der Waals surface area contributed by atoms with Gasteiger partial charge < -0.3 is 15.0 Å². The minimum atomic E-state index is 0.101. The quantitative estimate of drug-likeness (QED) is 0.678. The molecule has 2 saturated heterocycles. The maximum absolute atomic E-state index is 12.4. The number of piperidine rings is 1. The van der Waals surface area contributed by atoms with Crippen LogP contribution in [0.5, 0.6) is 0 Å². The fourth-order valence-corrected chi connectivity index (χ4v) is 4.34. The summed E-state index contributed by atoms with van der Waals surface area (Å²) in [4.78, 5) is 15.7. The molecule has 4 nitrogen and oxygen atoms in total. The number of hydrogen-bond acceptors (Lipinski definition) is 3. The summed E-state index contributed by atoms with van der Waals surface area (Å²) < 4.78 is 5.49. The Morgan fingerprint density at radius 2 is 2.00 bits per heavy atom. The van der Waals surface area contributed by atoms with Gasteiger partial charge in [0, 0.05) is 43.5 Å². The van der Waals surface area contributed by atoms with E-state index in [9.17, 15) is 4.79 Å². The third-order valence-corrected chi connectivity index (χ3v) is 5.91. The van der Waals surface area contributed by atoms with Gasteiger partial charge in [-0.25, -0.2) is 4.79 Å². The average Bonchev–Trinajstić information content (AvgIpc) is 2.60. The van der Waals surface area contributed by atoms with Crippen LogP contribution in [0.2, 0.25) is 0 Å². The molecule has 3 rings (SSSR count). The van der Waals surface area contributed by atoms with Crippen molar-refractivity contribution in [1.29, 1.82) is 0 Å². The normalized spacial score (nSPS) is 20.4. The number of urea groups is 1. The Morgan fingerprint density at radius 1 is 1.22 bits per heavy atom. The highest BCUT2D eigenvalue weighted by molar-refractivity contribution is 7.99. The average molecular weight is 334 g/mol. The number of ether oxygens (including phenoxy) is 1. The molecule has 23 heavy (non-hydrogen) atoms. The third kappa shape index (κ3) is 4.64. The van der Waals surface area contributed by atoms with E-state index in [0.717, 1.165) is 51.3 Å². The summed E-state index contributed by atoms with van der Waals surface area (Å²) in [5.41, 5.74) is 0.312. The van der Waals surface area contributed by atoms with E-state index in [1.54, 1.807) is 11.8 Å². The molecule has 1 aromatic rings. The molecule has 1 N–H and O–H groups in total. The minimum Gasteiger partial charge on any atom is -0.381 e. The Kier molecular flexibility index (Phi) is 5.84. The van der Waals surface area contributed by atoms with Gasteiger partial charge in [-0.3, -0.25) is 0 Å². The van der Waals surface area contributed by atoms with Crippen molar-refractivity contribution in [2.75, 3.05) is 38.6 Å². The molecule has 0 saturated carbocycles. The van der Waals surface area contributed by atoms with Crippen LogP contribution in [0.4, 0.5) is 4.79 Å². The van der Waals surface area contributed by atoms with Gasteiger partial charge in [0.25, 0.3) is 0 Å². The molecule has 1 spiro atoms. The van der Waals surface area contributed by atoms with E-state index in [1.165, 1.54) is 11.3 Å². The Hall–Kier alpha value is -1.20. The van der Waals surface area contributed by atoms with E-state index in [0.29, 0.717) is 12.0 Å². The molecule has 2 heterocycles. The van der Waals surface area contributed by atoms with Gasteiger partial charge in [-0.15, -0.1) is 11.8 Å². The zero-order valence-corrected chi connectivity index (χ0v) is 14.4. The Balaban J connectivity index is 1.41. The van der Waals surface area contributed by atoms with Crippen molar-refractivity contribution in [2.24, 2.45) is 5.41 Å². The van der Waals surface area contributed by atoms with Gasteiger partial charge in [0.05, 0.1) is 0 Å². The molecule has 0 aromatic heterocycles. The molecular weight excluding hydrogens is 308 g/mol. The molecule has 2 amide bonds. The van der Waals surface area contributed by atoms with Crippen LogP contribution < -0.4 is 5.32 Å². The minimum absolute atomic E-state index is 0.101. The monoisotopic (exact) mass is 334 g/mol. The maximum Gasteiger partial charge on any atom is 0.317 e. The highest BCUT2D eigenvalue weighted by atomic mass is 32.2. The second-order valence-corrected chi connectivity index (χ2v) is 7.70. The predicted octanol–water partition coefficient (Wildman–Crippen LogP) is 3.38. The van der Waals surface area contributed by atoms with Crippen molar-refractivity contribution >= 4 is 17.8 Å². The molecule has 0 aliphatic carbocycles. The summed E-state index contributed by atoms with van der Waals surface area (Å²) in [6.45, 7) is 4.20. The SMILES string of the molecule is O=C(NCCSc1ccccc1)N1CCCC2(CCOCC2)C1. The van der Waals surface area contributed by atoms with Crippen LogP contribution in [-0.2, 0) is 4.74 Å². The number of hydrogen-bond donors (Lipinski definition) is 1. The van der Waals surface area contributed by atoms with E-state index < -0.39 is 0 Å². The van der Waals surface area contributed by atoms with Crippen LogP contribution in [0, 0.1) is 5.41 Å².